The van der Waals surface area contributed by atoms with Gasteiger partial charge in [0.15, 0.2) is 0 Å². The monoisotopic (exact) mass is 292 g/mol. The van der Waals surface area contributed by atoms with Gasteiger partial charge >= 0.3 is 0 Å². The Labute approximate surface area is 125 Å². The van der Waals surface area contributed by atoms with E-state index >= 15 is 0 Å². The van der Waals surface area contributed by atoms with Gasteiger partial charge in [0.1, 0.15) is 0 Å². The largest absolute Gasteiger partial charge is 0.338 e. The molecule has 0 aromatic heterocycles. The van der Waals surface area contributed by atoms with E-state index < -0.39 is 0 Å². The topological polar surface area (TPSA) is 46.3 Å². The predicted octanol–water partition coefficient (Wildman–Crippen LogP) is 2.85. The van der Waals surface area contributed by atoms with Crippen molar-refractivity contribution in [2.24, 2.45) is 17.6 Å². The first-order valence-electron chi connectivity index (χ1n) is 7.37. The summed E-state index contributed by atoms with van der Waals surface area (Å²) in [5, 5.41) is 0.707. The summed E-state index contributed by atoms with van der Waals surface area (Å²) in [7, 11) is 0. The molecular formula is C16H21ClN2O. The molecule has 0 spiro atoms. The van der Waals surface area contributed by atoms with E-state index in [1.54, 1.807) is 6.07 Å². The van der Waals surface area contributed by atoms with Crippen LogP contribution in [0.1, 0.15) is 35.2 Å². The molecule has 2 fully saturated rings. The number of rotatable bonds is 1. The predicted molar refractivity (Wildman–Crippen MR) is 80.9 cm³/mol. The van der Waals surface area contributed by atoms with Gasteiger partial charge in [-0.05, 0) is 55.4 Å². The third-order valence-electron chi connectivity index (χ3n) is 4.85. The van der Waals surface area contributed by atoms with E-state index in [0.29, 0.717) is 16.9 Å². The van der Waals surface area contributed by atoms with Crippen LogP contribution in [0.5, 0.6) is 0 Å². The highest BCUT2D eigenvalue weighted by Crippen LogP contribution is 2.36. The SMILES string of the molecule is Cc1cc(C(=O)N2CC3CCCC(N)C3C2)ccc1Cl. The lowest BCUT2D eigenvalue weighted by Crippen LogP contribution is -2.38. The molecule has 1 aliphatic heterocycles. The molecule has 3 rings (SSSR count). The van der Waals surface area contributed by atoms with Crippen LogP contribution in [0.15, 0.2) is 18.2 Å². The maximum atomic E-state index is 12.6. The zero-order chi connectivity index (χ0) is 14.3. The molecule has 108 valence electrons. The Morgan fingerprint density at radius 3 is 2.85 bits per heavy atom. The minimum atomic E-state index is 0.117. The summed E-state index contributed by atoms with van der Waals surface area (Å²) in [6, 6.07) is 5.77. The summed E-state index contributed by atoms with van der Waals surface area (Å²) < 4.78 is 0. The smallest absolute Gasteiger partial charge is 0.253 e. The first-order valence-corrected chi connectivity index (χ1v) is 7.75. The van der Waals surface area contributed by atoms with Gasteiger partial charge in [0.25, 0.3) is 5.91 Å². The lowest BCUT2D eigenvalue weighted by Gasteiger charge is -2.29. The lowest BCUT2D eigenvalue weighted by molar-refractivity contribution is 0.0783. The van der Waals surface area contributed by atoms with Gasteiger partial charge in [0.2, 0.25) is 0 Å². The minimum absolute atomic E-state index is 0.117. The number of carbonyl (C=O) groups excluding carboxylic acids is 1. The van der Waals surface area contributed by atoms with E-state index in [4.69, 9.17) is 17.3 Å². The van der Waals surface area contributed by atoms with Crippen molar-refractivity contribution in [1.82, 2.24) is 4.90 Å². The molecule has 1 aliphatic carbocycles. The van der Waals surface area contributed by atoms with Crippen molar-refractivity contribution >= 4 is 17.5 Å². The number of carbonyl (C=O) groups is 1. The van der Waals surface area contributed by atoms with E-state index in [9.17, 15) is 4.79 Å². The molecule has 1 saturated carbocycles. The Hall–Kier alpha value is -1.06. The summed E-state index contributed by atoms with van der Waals surface area (Å²) in [4.78, 5) is 14.6. The Morgan fingerprint density at radius 1 is 1.35 bits per heavy atom. The molecule has 0 bridgehead atoms. The molecule has 1 aromatic carbocycles. The van der Waals surface area contributed by atoms with Gasteiger partial charge in [-0.25, -0.2) is 0 Å². The number of fused-ring (bicyclic) bond motifs is 1. The van der Waals surface area contributed by atoms with Gasteiger partial charge in [0, 0.05) is 29.7 Å². The van der Waals surface area contributed by atoms with Gasteiger partial charge in [0.05, 0.1) is 0 Å². The third-order valence-corrected chi connectivity index (χ3v) is 5.27. The number of likely N-dealkylation sites (tertiary alicyclic amines) is 1. The molecule has 0 radical (unpaired) electrons. The van der Waals surface area contributed by atoms with Crippen molar-refractivity contribution in [2.45, 2.75) is 32.2 Å². The van der Waals surface area contributed by atoms with Crippen LogP contribution < -0.4 is 5.73 Å². The highest BCUT2D eigenvalue weighted by atomic mass is 35.5. The number of benzene rings is 1. The Morgan fingerprint density at radius 2 is 2.15 bits per heavy atom. The van der Waals surface area contributed by atoms with Gasteiger partial charge in [-0.3, -0.25) is 4.79 Å². The van der Waals surface area contributed by atoms with E-state index in [0.717, 1.165) is 30.6 Å². The van der Waals surface area contributed by atoms with Crippen LogP contribution >= 0.6 is 11.6 Å². The van der Waals surface area contributed by atoms with E-state index in [1.165, 1.54) is 12.8 Å². The molecular weight excluding hydrogens is 272 g/mol. The normalized spacial score (nSPS) is 29.4. The average Bonchev–Trinajstić information content (AvgIpc) is 2.86. The first kappa shape index (κ1) is 13.9. The fourth-order valence-corrected chi connectivity index (χ4v) is 3.76. The second kappa shape index (κ2) is 5.38. The molecule has 4 heteroatoms. The fraction of sp³-hybridized carbons (Fsp3) is 0.562. The molecule has 1 amide bonds. The van der Waals surface area contributed by atoms with E-state index in [1.807, 2.05) is 24.0 Å². The molecule has 2 N–H and O–H groups in total. The molecule has 3 unspecified atom stereocenters. The van der Waals surface area contributed by atoms with Gasteiger partial charge < -0.3 is 10.6 Å². The number of nitrogens with two attached hydrogens (primary N) is 1. The molecule has 1 aromatic rings. The van der Waals surface area contributed by atoms with Crippen LogP contribution in [0.4, 0.5) is 0 Å². The second-order valence-electron chi connectivity index (χ2n) is 6.19. The number of amides is 1. The fourth-order valence-electron chi connectivity index (χ4n) is 3.64. The number of aryl methyl sites for hydroxylation is 1. The van der Waals surface area contributed by atoms with Crippen LogP contribution in [-0.2, 0) is 0 Å². The van der Waals surface area contributed by atoms with Crippen LogP contribution in [-0.4, -0.2) is 29.9 Å². The Kier molecular flexibility index (Phi) is 3.74. The van der Waals surface area contributed by atoms with Crippen LogP contribution in [0.25, 0.3) is 0 Å². The van der Waals surface area contributed by atoms with Gasteiger partial charge in [-0.2, -0.15) is 0 Å². The number of hydrogen-bond acceptors (Lipinski definition) is 2. The van der Waals surface area contributed by atoms with E-state index in [-0.39, 0.29) is 11.9 Å². The summed E-state index contributed by atoms with van der Waals surface area (Å²) in [5.41, 5.74) is 7.89. The number of halogens is 1. The Bertz CT molecular complexity index is 531. The van der Waals surface area contributed by atoms with E-state index in [2.05, 4.69) is 0 Å². The molecule has 3 atom stereocenters. The van der Waals surface area contributed by atoms with Crippen LogP contribution in [0.2, 0.25) is 5.02 Å². The standard InChI is InChI=1S/C16H21ClN2O/c1-10-7-11(5-6-14(10)17)16(20)19-8-12-3-2-4-15(18)13(12)9-19/h5-7,12-13,15H,2-4,8-9,18H2,1H3. The number of nitrogens with zero attached hydrogens (tertiary/aromatic N) is 1. The molecule has 1 saturated heterocycles. The summed E-state index contributed by atoms with van der Waals surface area (Å²) in [6.45, 7) is 3.60. The first-order chi connectivity index (χ1) is 9.56. The van der Waals surface area contributed by atoms with Crippen molar-refractivity contribution < 1.29 is 4.79 Å². The van der Waals surface area contributed by atoms with Gasteiger partial charge in [-0.15, -0.1) is 0 Å². The maximum absolute atomic E-state index is 12.6. The molecule has 20 heavy (non-hydrogen) atoms. The number of hydrogen-bond donors (Lipinski definition) is 1. The highest BCUT2D eigenvalue weighted by molar-refractivity contribution is 6.31. The summed E-state index contributed by atoms with van der Waals surface area (Å²) in [6.07, 6.45) is 3.51. The summed E-state index contributed by atoms with van der Waals surface area (Å²) >= 11 is 6.02. The van der Waals surface area contributed by atoms with Crippen LogP contribution in [0.3, 0.4) is 0 Å². The third kappa shape index (κ3) is 2.45. The second-order valence-corrected chi connectivity index (χ2v) is 6.60. The summed E-state index contributed by atoms with van der Waals surface area (Å²) in [5.74, 6) is 1.20. The highest BCUT2D eigenvalue weighted by Gasteiger charge is 2.40. The Balaban J connectivity index is 1.76. The molecule has 2 aliphatic rings. The zero-order valence-corrected chi connectivity index (χ0v) is 12.6. The van der Waals surface area contributed by atoms with Crippen molar-refractivity contribution in [1.29, 1.82) is 0 Å². The van der Waals surface area contributed by atoms with Crippen molar-refractivity contribution in [3.05, 3.63) is 34.3 Å². The maximum Gasteiger partial charge on any atom is 0.253 e. The quantitative estimate of drug-likeness (QED) is 0.865. The van der Waals surface area contributed by atoms with Crippen LogP contribution in [0, 0.1) is 18.8 Å². The van der Waals surface area contributed by atoms with Gasteiger partial charge in [-0.1, -0.05) is 18.0 Å². The minimum Gasteiger partial charge on any atom is -0.338 e. The molecule has 3 nitrogen and oxygen atoms in total. The average molecular weight is 293 g/mol. The lowest BCUT2D eigenvalue weighted by atomic mass is 9.78. The van der Waals surface area contributed by atoms with Crippen molar-refractivity contribution in [3.63, 3.8) is 0 Å². The molecule has 1 heterocycles. The zero-order valence-electron chi connectivity index (χ0n) is 11.8. The van der Waals surface area contributed by atoms with Crippen molar-refractivity contribution in [3.8, 4) is 0 Å². The van der Waals surface area contributed by atoms with Crippen molar-refractivity contribution in [2.75, 3.05) is 13.1 Å².